The number of hydrogen-bond acceptors (Lipinski definition) is 5. The lowest BCUT2D eigenvalue weighted by atomic mass is 10.1. The number of fused-ring (bicyclic) bond motifs is 1. The molecule has 0 aliphatic carbocycles. The highest BCUT2D eigenvalue weighted by Crippen LogP contribution is 2.25. The zero-order chi connectivity index (χ0) is 22.0. The Balaban J connectivity index is 1.50. The molecular weight excluding hydrogens is 502 g/mol. The molecule has 31 heavy (non-hydrogen) atoms. The number of carbonyl (C=O) groups excluding carboxylic acids is 1. The molecule has 1 amide bonds. The van der Waals surface area contributed by atoms with Gasteiger partial charge in [0, 0.05) is 4.47 Å². The number of hydrogen-bond donors (Lipinski definition) is 2. The topological polar surface area (TPSA) is 83.7 Å². The number of benzene rings is 3. The van der Waals surface area contributed by atoms with Gasteiger partial charge in [-0.1, -0.05) is 75.3 Å². The van der Waals surface area contributed by atoms with Crippen LogP contribution in [0.3, 0.4) is 0 Å². The van der Waals surface area contributed by atoms with Crippen LogP contribution in [0, 0.1) is 0 Å². The molecule has 0 atom stereocenters. The summed E-state index contributed by atoms with van der Waals surface area (Å²) in [6.07, 6.45) is 1.32. The predicted molar refractivity (Wildman–Crippen MR) is 128 cm³/mol. The standard InChI is InChI=1S/C22H15BrClN3O3S/c23-16-7-5-13(6-8-16)12-27-20(24)19(31-22(27)30)11-25-26-21(29)17-9-14-3-1-2-4-15(14)10-18(17)28/h1-11,28H,12H2,(H,26,29)/b25-11-. The number of rotatable bonds is 5. The van der Waals surface area contributed by atoms with Gasteiger partial charge in [0.05, 0.1) is 23.2 Å². The Hall–Kier alpha value is -2.94. The summed E-state index contributed by atoms with van der Waals surface area (Å²) in [5.41, 5.74) is 3.39. The summed E-state index contributed by atoms with van der Waals surface area (Å²) >= 11 is 10.7. The smallest absolute Gasteiger partial charge is 0.309 e. The minimum absolute atomic E-state index is 0.0999. The Kier molecular flexibility index (Phi) is 6.22. The Bertz CT molecular complexity index is 1360. The number of phenolic OH excluding ortho intramolecular Hbond substituents is 1. The van der Waals surface area contributed by atoms with E-state index in [9.17, 15) is 14.7 Å². The highest BCUT2D eigenvalue weighted by molar-refractivity contribution is 9.10. The number of carbonyl (C=O) groups is 1. The van der Waals surface area contributed by atoms with E-state index in [1.807, 2.05) is 48.5 Å². The number of halogens is 2. The molecule has 0 fully saturated rings. The number of phenols is 1. The van der Waals surface area contributed by atoms with Crippen LogP contribution >= 0.6 is 38.9 Å². The van der Waals surface area contributed by atoms with E-state index < -0.39 is 5.91 Å². The summed E-state index contributed by atoms with van der Waals surface area (Å²) < 4.78 is 2.38. The zero-order valence-electron chi connectivity index (χ0n) is 15.9. The summed E-state index contributed by atoms with van der Waals surface area (Å²) in [4.78, 5) is 25.0. The number of aromatic hydroxyl groups is 1. The largest absolute Gasteiger partial charge is 0.507 e. The van der Waals surface area contributed by atoms with E-state index in [4.69, 9.17) is 11.6 Å². The molecule has 1 heterocycles. The minimum Gasteiger partial charge on any atom is -0.507 e. The monoisotopic (exact) mass is 515 g/mol. The van der Waals surface area contributed by atoms with Gasteiger partial charge in [0.1, 0.15) is 10.9 Å². The van der Waals surface area contributed by atoms with Gasteiger partial charge in [-0.15, -0.1) is 0 Å². The number of amides is 1. The van der Waals surface area contributed by atoms with Gasteiger partial charge in [0.25, 0.3) is 5.91 Å². The van der Waals surface area contributed by atoms with Crippen LogP contribution in [0.4, 0.5) is 0 Å². The van der Waals surface area contributed by atoms with Gasteiger partial charge in [-0.25, -0.2) is 5.43 Å². The van der Waals surface area contributed by atoms with Gasteiger partial charge in [-0.3, -0.25) is 14.2 Å². The second-order valence-electron chi connectivity index (χ2n) is 6.65. The molecule has 9 heteroatoms. The number of nitrogens with one attached hydrogen (secondary N) is 1. The van der Waals surface area contributed by atoms with Crippen LogP contribution in [0.5, 0.6) is 5.75 Å². The van der Waals surface area contributed by atoms with Crippen LogP contribution < -0.4 is 10.3 Å². The molecule has 0 unspecified atom stereocenters. The fourth-order valence-electron chi connectivity index (χ4n) is 3.01. The highest BCUT2D eigenvalue weighted by atomic mass is 79.9. The summed E-state index contributed by atoms with van der Waals surface area (Å²) in [5.74, 6) is -0.716. The normalized spacial score (nSPS) is 11.3. The van der Waals surface area contributed by atoms with Crippen LogP contribution in [-0.2, 0) is 6.54 Å². The fourth-order valence-corrected chi connectivity index (χ4v) is 4.38. The van der Waals surface area contributed by atoms with Crippen molar-refractivity contribution in [2.24, 2.45) is 5.10 Å². The third-order valence-corrected chi connectivity index (χ3v) is 6.53. The van der Waals surface area contributed by atoms with Crippen molar-refractivity contribution in [1.29, 1.82) is 0 Å². The van der Waals surface area contributed by atoms with Crippen molar-refractivity contribution >= 4 is 61.8 Å². The Morgan fingerprint density at radius 3 is 2.55 bits per heavy atom. The first-order valence-corrected chi connectivity index (χ1v) is 11.1. The first-order valence-electron chi connectivity index (χ1n) is 9.11. The number of nitrogens with zero attached hydrogens (tertiary/aromatic N) is 2. The van der Waals surface area contributed by atoms with Crippen molar-refractivity contribution in [3.05, 3.63) is 96.0 Å². The average Bonchev–Trinajstić information content (AvgIpc) is 3.02. The lowest BCUT2D eigenvalue weighted by Crippen LogP contribution is -2.17. The first-order chi connectivity index (χ1) is 14.9. The van der Waals surface area contributed by atoms with Gasteiger partial charge >= 0.3 is 4.87 Å². The molecule has 4 rings (SSSR count). The molecule has 1 aromatic heterocycles. The average molecular weight is 517 g/mol. The molecule has 0 saturated heterocycles. The number of thiazole rings is 1. The maximum Gasteiger partial charge on any atom is 0.309 e. The van der Waals surface area contributed by atoms with Crippen LogP contribution in [0.15, 0.2) is 75.0 Å². The van der Waals surface area contributed by atoms with E-state index in [1.54, 1.807) is 6.07 Å². The third-order valence-electron chi connectivity index (χ3n) is 4.57. The van der Waals surface area contributed by atoms with E-state index >= 15 is 0 Å². The predicted octanol–water partition coefficient (Wildman–Crippen LogP) is 5.00. The zero-order valence-corrected chi connectivity index (χ0v) is 19.0. The molecular formula is C22H15BrClN3O3S. The number of aromatic nitrogens is 1. The maximum atomic E-state index is 12.4. The van der Waals surface area contributed by atoms with Gasteiger partial charge in [0.15, 0.2) is 0 Å². The quantitative estimate of drug-likeness (QED) is 0.289. The van der Waals surface area contributed by atoms with Gasteiger partial charge in [-0.2, -0.15) is 5.10 Å². The third kappa shape index (κ3) is 4.71. The van der Waals surface area contributed by atoms with Crippen LogP contribution in [0.1, 0.15) is 20.8 Å². The molecule has 156 valence electrons. The van der Waals surface area contributed by atoms with E-state index in [-0.39, 0.29) is 21.3 Å². The van der Waals surface area contributed by atoms with Crippen LogP contribution in [0.25, 0.3) is 10.8 Å². The molecule has 0 aliphatic heterocycles. The Morgan fingerprint density at radius 2 is 1.84 bits per heavy atom. The minimum atomic E-state index is -0.572. The molecule has 0 aliphatic rings. The SMILES string of the molecule is O=C(N/N=C\c1sc(=O)n(Cc2ccc(Br)cc2)c1Cl)c1cc2ccccc2cc1O. The Morgan fingerprint density at radius 1 is 1.16 bits per heavy atom. The van der Waals surface area contributed by atoms with E-state index in [0.29, 0.717) is 11.4 Å². The van der Waals surface area contributed by atoms with Crippen molar-refractivity contribution in [3.8, 4) is 5.75 Å². The van der Waals surface area contributed by atoms with E-state index in [1.165, 1.54) is 16.8 Å². The molecule has 0 spiro atoms. The molecule has 0 radical (unpaired) electrons. The summed E-state index contributed by atoms with van der Waals surface area (Å²) in [6, 6.07) is 18.1. The Labute approximate surface area is 194 Å². The summed E-state index contributed by atoms with van der Waals surface area (Å²) in [7, 11) is 0. The highest BCUT2D eigenvalue weighted by Gasteiger charge is 2.14. The van der Waals surface area contributed by atoms with Crippen molar-refractivity contribution in [2.45, 2.75) is 6.54 Å². The molecule has 0 bridgehead atoms. The first kappa shape index (κ1) is 21.3. The maximum absolute atomic E-state index is 12.4. The molecule has 4 aromatic rings. The van der Waals surface area contributed by atoms with Crippen molar-refractivity contribution < 1.29 is 9.90 Å². The van der Waals surface area contributed by atoms with Crippen molar-refractivity contribution in [3.63, 3.8) is 0 Å². The molecule has 0 saturated carbocycles. The van der Waals surface area contributed by atoms with Crippen molar-refractivity contribution in [2.75, 3.05) is 0 Å². The summed E-state index contributed by atoms with van der Waals surface area (Å²) in [5, 5.41) is 15.9. The second-order valence-corrected chi connectivity index (χ2v) is 8.92. The lowest BCUT2D eigenvalue weighted by molar-refractivity contribution is 0.0952. The van der Waals surface area contributed by atoms with Crippen molar-refractivity contribution in [1.82, 2.24) is 9.99 Å². The van der Waals surface area contributed by atoms with E-state index in [0.717, 1.165) is 32.1 Å². The van der Waals surface area contributed by atoms with Crippen LogP contribution in [0.2, 0.25) is 5.15 Å². The van der Waals surface area contributed by atoms with Gasteiger partial charge in [0.2, 0.25) is 0 Å². The van der Waals surface area contributed by atoms with Gasteiger partial charge < -0.3 is 5.11 Å². The molecule has 3 aromatic carbocycles. The molecule has 2 N–H and O–H groups in total. The molecule has 6 nitrogen and oxygen atoms in total. The lowest BCUT2D eigenvalue weighted by Gasteiger charge is -2.05. The van der Waals surface area contributed by atoms with Gasteiger partial charge in [-0.05, 0) is 40.6 Å². The summed E-state index contributed by atoms with van der Waals surface area (Å²) in [6.45, 7) is 0.326. The van der Waals surface area contributed by atoms with Crippen LogP contribution in [-0.4, -0.2) is 21.8 Å². The second kappa shape index (κ2) is 9.05. The van der Waals surface area contributed by atoms with E-state index in [2.05, 4.69) is 26.5 Å². The fraction of sp³-hybridized carbons (Fsp3) is 0.0455. The number of hydrazone groups is 1.